The van der Waals surface area contributed by atoms with Crippen LogP contribution in [0.1, 0.15) is 25.1 Å². The normalized spacial score (nSPS) is 11.6. The van der Waals surface area contributed by atoms with E-state index in [1.807, 2.05) is 0 Å². The van der Waals surface area contributed by atoms with Gasteiger partial charge < -0.3 is 10.1 Å². The first kappa shape index (κ1) is 20.0. The van der Waals surface area contributed by atoms with E-state index in [0.717, 1.165) is 11.6 Å². The fourth-order valence-electron chi connectivity index (χ4n) is 2.31. The van der Waals surface area contributed by atoms with Gasteiger partial charge in [-0.15, -0.1) is 0 Å². The molecule has 2 aromatic heterocycles. The largest absolute Gasteiger partial charge is 0.497 e. The second kappa shape index (κ2) is 8.35. The quantitative estimate of drug-likeness (QED) is 0.594. The third-order valence-electron chi connectivity index (χ3n) is 4.00. The summed E-state index contributed by atoms with van der Waals surface area (Å²) in [5.74, 6) is -0.455. The topological polar surface area (TPSA) is 77.0 Å². The molecule has 0 saturated heterocycles. The van der Waals surface area contributed by atoms with Gasteiger partial charge in [-0.3, -0.25) is 9.78 Å². The highest BCUT2D eigenvalue weighted by Gasteiger charge is 2.30. The summed E-state index contributed by atoms with van der Waals surface area (Å²) in [7, 11) is 1.41. The number of aromatic nitrogens is 3. The van der Waals surface area contributed by atoms with Crippen molar-refractivity contribution in [3.63, 3.8) is 0 Å². The van der Waals surface area contributed by atoms with Crippen LogP contribution in [0.5, 0.6) is 0 Å². The summed E-state index contributed by atoms with van der Waals surface area (Å²) in [6.45, 7) is 10.5. The van der Waals surface area contributed by atoms with Crippen LogP contribution >= 0.6 is 0 Å². The molecule has 0 radical (unpaired) electrons. The fraction of sp³-hybridized carbons (Fsp3) is 0.200. The van der Waals surface area contributed by atoms with Gasteiger partial charge in [0.25, 0.3) is 0 Å². The van der Waals surface area contributed by atoms with Gasteiger partial charge in [0, 0.05) is 24.0 Å². The standard InChI is InChI=1S/C20H21FN4O2/c1-13(21)10-16(14(2)27-5)17-11-18(24-12-23-17)25-19(26)20(3,4)15-6-8-22-9-7-15/h6-12H,1-2H2,3-5H3,(H,23,24,25,26)/b16-10+. The lowest BCUT2D eigenvalue weighted by Gasteiger charge is -2.23. The summed E-state index contributed by atoms with van der Waals surface area (Å²) in [4.78, 5) is 24.9. The first-order chi connectivity index (χ1) is 12.8. The molecule has 0 aliphatic heterocycles. The highest BCUT2D eigenvalue weighted by molar-refractivity contribution is 5.98. The highest BCUT2D eigenvalue weighted by Crippen LogP contribution is 2.26. The number of carbonyl (C=O) groups excluding carboxylic acids is 1. The molecule has 2 rings (SSSR count). The number of nitrogens with zero attached hydrogens (tertiary/aromatic N) is 3. The number of pyridine rings is 1. The van der Waals surface area contributed by atoms with Crippen molar-refractivity contribution in [2.45, 2.75) is 19.3 Å². The molecule has 0 aromatic carbocycles. The Kier molecular flexibility index (Phi) is 6.18. The number of nitrogens with one attached hydrogen (secondary N) is 1. The molecule has 0 atom stereocenters. The van der Waals surface area contributed by atoms with Gasteiger partial charge in [0.15, 0.2) is 0 Å². The lowest BCUT2D eigenvalue weighted by molar-refractivity contribution is -0.120. The minimum absolute atomic E-state index is 0.210. The smallest absolute Gasteiger partial charge is 0.235 e. The number of ether oxygens (including phenoxy) is 1. The molecule has 1 amide bonds. The molecule has 140 valence electrons. The van der Waals surface area contributed by atoms with Gasteiger partial charge >= 0.3 is 0 Å². The maximum Gasteiger partial charge on any atom is 0.235 e. The Morgan fingerprint density at radius 2 is 1.93 bits per heavy atom. The second-order valence-electron chi connectivity index (χ2n) is 6.24. The van der Waals surface area contributed by atoms with E-state index in [-0.39, 0.29) is 17.5 Å². The summed E-state index contributed by atoms with van der Waals surface area (Å²) in [5, 5.41) is 2.76. The average Bonchev–Trinajstić information content (AvgIpc) is 2.66. The van der Waals surface area contributed by atoms with Crippen LogP contribution in [0.25, 0.3) is 5.57 Å². The lowest BCUT2D eigenvalue weighted by Crippen LogP contribution is -2.35. The molecular weight excluding hydrogens is 347 g/mol. The summed E-state index contributed by atoms with van der Waals surface area (Å²) in [6, 6.07) is 5.07. The van der Waals surface area contributed by atoms with Crippen LogP contribution in [0.15, 0.2) is 67.7 Å². The molecule has 0 aliphatic carbocycles. The Hall–Kier alpha value is -3.35. The van der Waals surface area contributed by atoms with E-state index in [1.165, 1.54) is 19.5 Å². The van der Waals surface area contributed by atoms with Gasteiger partial charge in [-0.25, -0.2) is 14.4 Å². The number of rotatable bonds is 7. The molecule has 0 saturated carbocycles. The Morgan fingerprint density at radius 1 is 1.26 bits per heavy atom. The molecular formula is C20H21FN4O2. The summed E-state index contributed by atoms with van der Waals surface area (Å²) < 4.78 is 18.4. The molecule has 7 heteroatoms. The van der Waals surface area contributed by atoms with E-state index in [1.54, 1.807) is 38.4 Å². The molecule has 27 heavy (non-hydrogen) atoms. The van der Waals surface area contributed by atoms with Crippen molar-refractivity contribution in [3.05, 3.63) is 79.0 Å². The Bertz CT molecular complexity index is 892. The summed E-state index contributed by atoms with van der Waals surface area (Å²) in [5.41, 5.74) is 0.645. The predicted octanol–water partition coefficient (Wildman–Crippen LogP) is 3.81. The summed E-state index contributed by atoms with van der Waals surface area (Å²) in [6.07, 6.45) is 5.68. The molecule has 0 aliphatic rings. The van der Waals surface area contributed by atoms with Crippen LogP contribution in [-0.4, -0.2) is 28.0 Å². The van der Waals surface area contributed by atoms with Crippen LogP contribution < -0.4 is 5.32 Å². The van der Waals surface area contributed by atoms with Crippen LogP contribution in [0.2, 0.25) is 0 Å². The van der Waals surface area contributed by atoms with Crippen molar-refractivity contribution in [1.82, 2.24) is 15.0 Å². The van der Waals surface area contributed by atoms with Crippen LogP contribution in [-0.2, 0) is 14.9 Å². The number of amides is 1. The van der Waals surface area contributed by atoms with Gasteiger partial charge in [-0.05, 0) is 37.6 Å². The number of halogens is 1. The van der Waals surface area contributed by atoms with E-state index in [0.29, 0.717) is 11.3 Å². The van der Waals surface area contributed by atoms with Gasteiger partial charge in [0.05, 0.1) is 18.2 Å². The van der Waals surface area contributed by atoms with Crippen molar-refractivity contribution in [1.29, 1.82) is 0 Å². The molecule has 0 unspecified atom stereocenters. The number of methoxy groups -OCH3 is 1. The lowest BCUT2D eigenvalue weighted by atomic mass is 9.84. The number of hydrogen-bond donors (Lipinski definition) is 1. The van der Waals surface area contributed by atoms with Crippen LogP contribution in [0.4, 0.5) is 10.2 Å². The van der Waals surface area contributed by atoms with Gasteiger partial charge in [-0.2, -0.15) is 0 Å². The first-order valence-electron chi connectivity index (χ1n) is 8.09. The van der Waals surface area contributed by atoms with Crippen molar-refractivity contribution in [3.8, 4) is 0 Å². The van der Waals surface area contributed by atoms with Gasteiger partial charge in [0.2, 0.25) is 5.91 Å². The molecule has 0 spiro atoms. The third kappa shape index (κ3) is 4.84. The van der Waals surface area contributed by atoms with Crippen LogP contribution in [0.3, 0.4) is 0 Å². The SMILES string of the molecule is C=C(F)/C=C(\C(=C)OC)c1cc(NC(=O)C(C)(C)c2ccncc2)ncn1. The molecule has 0 fully saturated rings. The van der Waals surface area contributed by atoms with E-state index in [9.17, 15) is 9.18 Å². The first-order valence-corrected chi connectivity index (χ1v) is 8.09. The van der Waals surface area contributed by atoms with Gasteiger partial charge in [-0.1, -0.05) is 13.2 Å². The molecule has 2 aromatic rings. The van der Waals surface area contributed by atoms with E-state index in [2.05, 4.69) is 33.4 Å². The van der Waals surface area contributed by atoms with E-state index in [4.69, 9.17) is 4.74 Å². The van der Waals surface area contributed by atoms with Crippen molar-refractivity contribution < 1.29 is 13.9 Å². The second-order valence-corrected chi connectivity index (χ2v) is 6.24. The van der Waals surface area contributed by atoms with Crippen molar-refractivity contribution >= 4 is 17.3 Å². The Labute approximate surface area is 157 Å². The average molecular weight is 368 g/mol. The zero-order valence-corrected chi connectivity index (χ0v) is 15.5. The zero-order chi connectivity index (χ0) is 20.0. The minimum Gasteiger partial charge on any atom is -0.497 e. The third-order valence-corrected chi connectivity index (χ3v) is 4.00. The molecule has 2 heterocycles. The Balaban J connectivity index is 2.31. The van der Waals surface area contributed by atoms with Crippen molar-refractivity contribution in [2.75, 3.05) is 12.4 Å². The fourth-order valence-corrected chi connectivity index (χ4v) is 2.31. The number of hydrogen-bond acceptors (Lipinski definition) is 5. The number of anilines is 1. The number of carbonyl (C=O) groups is 1. The predicted molar refractivity (Wildman–Crippen MR) is 102 cm³/mol. The maximum absolute atomic E-state index is 13.3. The summed E-state index contributed by atoms with van der Waals surface area (Å²) >= 11 is 0. The Morgan fingerprint density at radius 3 is 2.52 bits per heavy atom. The molecule has 1 N–H and O–H groups in total. The van der Waals surface area contributed by atoms with Crippen LogP contribution in [0, 0.1) is 0 Å². The minimum atomic E-state index is -0.809. The van der Waals surface area contributed by atoms with E-state index >= 15 is 0 Å². The zero-order valence-electron chi connectivity index (χ0n) is 15.5. The van der Waals surface area contributed by atoms with Crippen molar-refractivity contribution in [2.24, 2.45) is 0 Å². The highest BCUT2D eigenvalue weighted by atomic mass is 19.1. The number of allylic oxidation sites excluding steroid dienone is 3. The monoisotopic (exact) mass is 368 g/mol. The molecule has 6 nitrogen and oxygen atoms in total. The maximum atomic E-state index is 13.3. The van der Waals surface area contributed by atoms with Gasteiger partial charge in [0.1, 0.15) is 23.7 Å². The molecule has 0 bridgehead atoms. The van der Waals surface area contributed by atoms with E-state index < -0.39 is 11.2 Å².